The normalized spacial score (nSPS) is 15.1. The van der Waals surface area contributed by atoms with Gasteiger partial charge in [-0.2, -0.15) is 0 Å². The lowest BCUT2D eigenvalue weighted by atomic mass is 10.0. The SMILES string of the molecule is C=C(C)NCC(C)CC(CO)NC. The number of rotatable bonds is 7. The first kappa shape index (κ1) is 12.5. The second-order valence-electron chi connectivity index (χ2n) is 3.67. The van der Waals surface area contributed by atoms with Crippen LogP contribution in [0.3, 0.4) is 0 Å². The van der Waals surface area contributed by atoms with Gasteiger partial charge in [0.2, 0.25) is 0 Å². The maximum absolute atomic E-state index is 8.95. The van der Waals surface area contributed by atoms with Gasteiger partial charge >= 0.3 is 0 Å². The predicted octanol–water partition coefficient (Wildman–Crippen LogP) is 0.716. The zero-order chi connectivity index (χ0) is 10.3. The Bertz CT molecular complexity index is 144. The topological polar surface area (TPSA) is 44.3 Å². The molecule has 3 heteroatoms. The van der Waals surface area contributed by atoms with Gasteiger partial charge in [0.15, 0.2) is 0 Å². The monoisotopic (exact) mass is 186 g/mol. The van der Waals surface area contributed by atoms with Gasteiger partial charge in [-0.3, -0.25) is 0 Å². The summed E-state index contributed by atoms with van der Waals surface area (Å²) in [7, 11) is 1.87. The van der Waals surface area contributed by atoms with E-state index >= 15 is 0 Å². The molecule has 0 aliphatic rings. The van der Waals surface area contributed by atoms with Crippen LogP contribution in [0.2, 0.25) is 0 Å². The minimum atomic E-state index is 0.202. The Morgan fingerprint density at radius 3 is 2.54 bits per heavy atom. The van der Waals surface area contributed by atoms with Crippen LogP contribution in [0.5, 0.6) is 0 Å². The van der Waals surface area contributed by atoms with Crippen molar-refractivity contribution in [2.24, 2.45) is 5.92 Å². The van der Waals surface area contributed by atoms with Crippen molar-refractivity contribution in [1.29, 1.82) is 0 Å². The van der Waals surface area contributed by atoms with E-state index in [4.69, 9.17) is 5.11 Å². The smallest absolute Gasteiger partial charge is 0.0584 e. The molecule has 0 aliphatic carbocycles. The van der Waals surface area contributed by atoms with Crippen LogP contribution in [-0.4, -0.2) is 31.3 Å². The number of likely N-dealkylation sites (N-methyl/N-ethyl adjacent to an activating group) is 1. The van der Waals surface area contributed by atoms with Crippen LogP contribution in [0.25, 0.3) is 0 Å². The summed E-state index contributed by atoms with van der Waals surface area (Å²) >= 11 is 0. The van der Waals surface area contributed by atoms with Crippen molar-refractivity contribution in [3.05, 3.63) is 12.3 Å². The minimum Gasteiger partial charge on any atom is -0.395 e. The fourth-order valence-electron chi connectivity index (χ4n) is 1.20. The first-order valence-electron chi connectivity index (χ1n) is 4.77. The van der Waals surface area contributed by atoms with E-state index in [0.717, 1.165) is 18.7 Å². The summed E-state index contributed by atoms with van der Waals surface area (Å²) < 4.78 is 0. The second kappa shape index (κ2) is 6.92. The largest absolute Gasteiger partial charge is 0.395 e. The molecule has 0 aromatic rings. The van der Waals surface area contributed by atoms with E-state index in [-0.39, 0.29) is 12.6 Å². The van der Waals surface area contributed by atoms with Crippen molar-refractivity contribution < 1.29 is 5.11 Å². The second-order valence-corrected chi connectivity index (χ2v) is 3.67. The third-order valence-corrected chi connectivity index (χ3v) is 2.07. The van der Waals surface area contributed by atoms with Crippen LogP contribution < -0.4 is 10.6 Å². The molecule has 0 fully saturated rings. The number of allylic oxidation sites excluding steroid dienone is 1. The lowest BCUT2D eigenvalue weighted by Gasteiger charge is -2.19. The Hall–Kier alpha value is -0.540. The van der Waals surface area contributed by atoms with E-state index in [1.807, 2.05) is 14.0 Å². The van der Waals surface area contributed by atoms with Gasteiger partial charge < -0.3 is 15.7 Å². The van der Waals surface area contributed by atoms with E-state index in [1.54, 1.807) is 0 Å². The quantitative estimate of drug-likeness (QED) is 0.549. The number of hydrogen-bond acceptors (Lipinski definition) is 3. The van der Waals surface area contributed by atoms with Crippen LogP contribution in [0, 0.1) is 5.92 Å². The van der Waals surface area contributed by atoms with Crippen LogP contribution in [0.1, 0.15) is 20.3 Å². The predicted molar refractivity (Wildman–Crippen MR) is 56.5 cm³/mol. The lowest BCUT2D eigenvalue weighted by Crippen LogP contribution is -2.33. The van der Waals surface area contributed by atoms with Crippen LogP contribution in [0.15, 0.2) is 12.3 Å². The average molecular weight is 186 g/mol. The third kappa shape index (κ3) is 6.61. The van der Waals surface area contributed by atoms with Crippen LogP contribution in [-0.2, 0) is 0 Å². The Labute approximate surface area is 81.2 Å². The molecule has 78 valence electrons. The van der Waals surface area contributed by atoms with Gasteiger partial charge in [0.05, 0.1) is 6.61 Å². The Morgan fingerprint density at radius 1 is 1.54 bits per heavy atom. The molecule has 3 N–H and O–H groups in total. The average Bonchev–Trinajstić information content (AvgIpc) is 2.10. The van der Waals surface area contributed by atoms with Gasteiger partial charge in [-0.1, -0.05) is 13.5 Å². The summed E-state index contributed by atoms with van der Waals surface area (Å²) in [6.07, 6.45) is 0.979. The molecule has 0 amide bonds. The van der Waals surface area contributed by atoms with Crippen molar-refractivity contribution in [2.75, 3.05) is 20.2 Å². The molecule has 13 heavy (non-hydrogen) atoms. The molecule has 0 saturated carbocycles. The molecule has 2 atom stereocenters. The van der Waals surface area contributed by atoms with Crippen molar-refractivity contribution in [1.82, 2.24) is 10.6 Å². The molecular formula is C10H22N2O. The van der Waals surface area contributed by atoms with Crippen molar-refractivity contribution in [2.45, 2.75) is 26.3 Å². The molecule has 0 rings (SSSR count). The summed E-state index contributed by atoms with van der Waals surface area (Å²) in [5.74, 6) is 0.543. The van der Waals surface area contributed by atoms with Gasteiger partial charge in [0.1, 0.15) is 0 Å². The van der Waals surface area contributed by atoms with Gasteiger partial charge in [-0.15, -0.1) is 0 Å². The molecule has 3 nitrogen and oxygen atoms in total. The number of aliphatic hydroxyl groups is 1. The highest BCUT2D eigenvalue weighted by atomic mass is 16.3. The number of aliphatic hydroxyl groups excluding tert-OH is 1. The van der Waals surface area contributed by atoms with Gasteiger partial charge in [0, 0.05) is 18.3 Å². The molecule has 0 aromatic carbocycles. The first-order chi connectivity index (χ1) is 6.10. The molecule has 0 radical (unpaired) electrons. The van der Waals surface area contributed by atoms with E-state index in [0.29, 0.717) is 5.92 Å². The Kier molecular flexibility index (Phi) is 6.63. The first-order valence-corrected chi connectivity index (χ1v) is 4.77. The minimum absolute atomic E-state index is 0.202. The van der Waals surface area contributed by atoms with Crippen LogP contribution >= 0.6 is 0 Å². The lowest BCUT2D eigenvalue weighted by molar-refractivity contribution is 0.228. The molecule has 0 saturated heterocycles. The molecule has 0 aromatic heterocycles. The molecule has 0 spiro atoms. The number of nitrogens with one attached hydrogen (secondary N) is 2. The summed E-state index contributed by atoms with van der Waals surface area (Å²) in [5.41, 5.74) is 0.997. The third-order valence-electron chi connectivity index (χ3n) is 2.07. The summed E-state index contributed by atoms with van der Waals surface area (Å²) in [4.78, 5) is 0. The van der Waals surface area contributed by atoms with Gasteiger partial charge in [-0.25, -0.2) is 0 Å². The molecule has 0 heterocycles. The maximum atomic E-state index is 8.95. The van der Waals surface area contributed by atoms with E-state index < -0.39 is 0 Å². The van der Waals surface area contributed by atoms with E-state index in [9.17, 15) is 0 Å². The Balaban J connectivity index is 3.59. The standard InChI is InChI=1S/C10H22N2O/c1-8(2)12-6-9(3)5-10(7-13)11-4/h9-13H,1,5-7H2,2-4H3. The van der Waals surface area contributed by atoms with Crippen molar-refractivity contribution in [3.8, 4) is 0 Å². The maximum Gasteiger partial charge on any atom is 0.0584 e. The molecule has 2 unspecified atom stereocenters. The molecule has 0 aliphatic heterocycles. The highest BCUT2D eigenvalue weighted by Crippen LogP contribution is 2.04. The van der Waals surface area contributed by atoms with Crippen molar-refractivity contribution in [3.63, 3.8) is 0 Å². The van der Waals surface area contributed by atoms with Crippen molar-refractivity contribution >= 4 is 0 Å². The summed E-state index contributed by atoms with van der Waals surface area (Å²) in [5, 5.41) is 15.2. The Morgan fingerprint density at radius 2 is 2.15 bits per heavy atom. The highest BCUT2D eigenvalue weighted by Gasteiger charge is 2.09. The highest BCUT2D eigenvalue weighted by molar-refractivity contribution is 4.85. The summed E-state index contributed by atoms with van der Waals surface area (Å²) in [6, 6.07) is 0.210. The fourth-order valence-corrected chi connectivity index (χ4v) is 1.20. The fraction of sp³-hybridized carbons (Fsp3) is 0.800. The van der Waals surface area contributed by atoms with Gasteiger partial charge in [-0.05, 0) is 26.3 Å². The number of hydrogen-bond donors (Lipinski definition) is 3. The van der Waals surface area contributed by atoms with Gasteiger partial charge in [0.25, 0.3) is 0 Å². The summed E-state index contributed by atoms with van der Waals surface area (Å²) in [6.45, 7) is 9.01. The zero-order valence-corrected chi connectivity index (χ0v) is 8.93. The zero-order valence-electron chi connectivity index (χ0n) is 8.93. The molecule has 0 bridgehead atoms. The molecular weight excluding hydrogens is 164 g/mol. The van der Waals surface area contributed by atoms with E-state index in [1.165, 1.54) is 0 Å². The van der Waals surface area contributed by atoms with Crippen LogP contribution in [0.4, 0.5) is 0 Å². The van der Waals surface area contributed by atoms with E-state index in [2.05, 4.69) is 24.1 Å².